The highest BCUT2D eigenvalue weighted by molar-refractivity contribution is 7.26. The Morgan fingerprint density at radius 2 is 2.11 bits per heavy atom. The Kier molecular flexibility index (Phi) is 5.00. The van der Waals surface area contributed by atoms with Crippen molar-refractivity contribution in [2.75, 3.05) is 6.54 Å². The van der Waals surface area contributed by atoms with Gasteiger partial charge in [0.1, 0.15) is 11.8 Å². The van der Waals surface area contributed by atoms with Crippen LogP contribution in [0.1, 0.15) is 30.8 Å². The maximum absolute atomic E-state index is 13.2. The molecular weight excluding hydrogens is 374 g/mol. The van der Waals surface area contributed by atoms with Crippen LogP contribution in [0.15, 0.2) is 51.9 Å². The standard InChI is InChI=1S/C21H21N3O3S/c1-3-16(20(25)22-11-10-14-7-6-12-27-14)24-21(26)18-15-8-4-5-9-17(15)28-19(18)13(2)23-24/h4-9,12,16H,3,10-11H2,1-2H3,(H,22,25). The molecule has 4 aromatic rings. The smallest absolute Gasteiger partial charge is 0.276 e. The summed E-state index contributed by atoms with van der Waals surface area (Å²) in [5.74, 6) is 0.604. The van der Waals surface area contributed by atoms with Gasteiger partial charge in [0.15, 0.2) is 0 Å². The van der Waals surface area contributed by atoms with E-state index in [-0.39, 0.29) is 11.5 Å². The lowest BCUT2D eigenvalue weighted by molar-refractivity contribution is -0.124. The van der Waals surface area contributed by atoms with E-state index in [1.165, 1.54) is 4.68 Å². The van der Waals surface area contributed by atoms with Crippen molar-refractivity contribution < 1.29 is 9.21 Å². The third-order valence-electron chi connectivity index (χ3n) is 4.84. The first-order chi connectivity index (χ1) is 13.6. The second kappa shape index (κ2) is 7.59. The Balaban J connectivity index is 1.67. The van der Waals surface area contributed by atoms with Crippen molar-refractivity contribution in [2.24, 2.45) is 0 Å². The van der Waals surface area contributed by atoms with E-state index in [9.17, 15) is 9.59 Å². The van der Waals surface area contributed by atoms with Crippen LogP contribution in [0.2, 0.25) is 0 Å². The van der Waals surface area contributed by atoms with Crippen molar-refractivity contribution in [2.45, 2.75) is 32.7 Å². The molecule has 0 bridgehead atoms. The third kappa shape index (κ3) is 3.22. The van der Waals surface area contributed by atoms with Gasteiger partial charge in [0.05, 0.1) is 22.0 Å². The SMILES string of the molecule is CCC(C(=O)NCCc1ccco1)n1nc(C)c2sc3ccccc3c2c1=O. The van der Waals surface area contributed by atoms with Gasteiger partial charge < -0.3 is 9.73 Å². The largest absolute Gasteiger partial charge is 0.469 e. The summed E-state index contributed by atoms with van der Waals surface area (Å²) in [7, 11) is 0. The van der Waals surface area contributed by atoms with Gasteiger partial charge in [0, 0.05) is 23.1 Å². The fourth-order valence-corrected chi connectivity index (χ4v) is 4.58. The minimum absolute atomic E-state index is 0.207. The van der Waals surface area contributed by atoms with Gasteiger partial charge in [-0.05, 0) is 31.5 Å². The number of carbonyl (C=O) groups is 1. The number of amides is 1. The summed E-state index contributed by atoms with van der Waals surface area (Å²) in [6, 6.07) is 10.9. The van der Waals surface area contributed by atoms with Crippen LogP contribution in [-0.2, 0) is 11.2 Å². The first-order valence-electron chi connectivity index (χ1n) is 9.31. The number of hydrogen-bond donors (Lipinski definition) is 1. The molecule has 0 spiro atoms. The second-order valence-corrected chi connectivity index (χ2v) is 7.73. The summed E-state index contributed by atoms with van der Waals surface area (Å²) < 4.78 is 8.56. The molecule has 0 aliphatic carbocycles. The molecule has 4 rings (SSSR count). The maximum Gasteiger partial charge on any atom is 0.276 e. The summed E-state index contributed by atoms with van der Waals surface area (Å²) in [6.45, 7) is 4.21. The van der Waals surface area contributed by atoms with Crippen molar-refractivity contribution in [3.8, 4) is 0 Å². The first kappa shape index (κ1) is 18.4. The average Bonchev–Trinajstić information content (AvgIpc) is 3.34. The molecule has 0 radical (unpaired) electrons. The predicted molar refractivity (Wildman–Crippen MR) is 111 cm³/mol. The molecule has 7 heteroatoms. The lowest BCUT2D eigenvalue weighted by Gasteiger charge is -2.17. The Bertz CT molecular complexity index is 1190. The average molecular weight is 395 g/mol. The van der Waals surface area contributed by atoms with E-state index in [1.54, 1.807) is 17.6 Å². The van der Waals surface area contributed by atoms with Gasteiger partial charge in [-0.15, -0.1) is 11.3 Å². The van der Waals surface area contributed by atoms with E-state index in [4.69, 9.17) is 4.42 Å². The summed E-state index contributed by atoms with van der Waals surface area (Å²) >= 11 is 1.56. The van der Waals surface area contributed by atoms with E-state index in [0.29, 0.717) is 24.8 Å². The van der Waals surface area contributed by atoms with Crippen LogP contribution >= 0.6 is 11.3 Å². The topological polar surface area (TPSA) is 77.1 Å². The molecule has 6 nitrogen and oxygen atoms in total. The number of nitrogens with zero attached hydrogens (tertiary/aromatic N) is 2. The highest BCUT2D eigenvalue weighted by atomic mass is 32.1. The van der Waals surface area contributed by atoms with Crippen LogP contribution in [0.3, 0.4) is 0 Å². The van der Waals surface area contributed by atoms with E-state index in [1.807, 2.05) is 50.2 Å². The molecule has 1 amide bonds. The number of aromatic nitrogens is 2. The number of fused-ring (bicyclic) bond motifs is 3. The number of thiophene rings is 1. The molecule has 0 saturated heterocycles. The predicted octanol–water partition coefficient (Wildman–Crippen LogP) is 3.82. The van der Waals surface area contributed by atoms with Crippen LogP contribution in [0.25, 0.3) is 20.2 Å². The van der Waals surface area contributed by atoms with Gasteiger partial charge in [-0.3, -0.25) is 9.59 Å². The number of aryl methyl sites for hydroxylation is 1. The zero-order chi connectivity index (χ0) is 19.7. The van der Waals surface area contributed by atoms with Gasteiger partial charge in [0.25, 0.3) is 5.56 Å². The van der Waals surface area contributed by atoms with E-state index >= 15 is 0 Å². The third-order valence-corrected chi connectivity index (χ3v) is 6.12. The monoisotopic (exact) mass is 395 g/mol. The van der Waals surface area contributed by atoms with E-state index in [0.717, 1.165) is 26.2 Å². The lowest BCUT2D eigenvalue weighted by Crippen LogP contribution is -2.39. The summed E-state index contributed by atoms with van der Waals surface area (Å²) in [5, 5.41) is 8.95. The number of nitrogens with one attached hydrogen (secondary N) is 1. The zero-order valence-electron chi connectivity index (χ0n) is 15.8. The van der Waals surface area contributed by atoms with Crippen LogP contribution in [-0.4, -0.2) is 22.2 Å². The number of furan rings is 1. The molecule has 1 N–H and O–H groups in total. The van der Waals surface area contributed by atoms with Gasteiger partial charge in [-0.1, -0.05) is 25.1 Å². The van der Waals surface area contributed by atoms with Crippen LogP contribution in [0.4, 0.5) is 0 Å². The maximum atomic E-state index is 13.2. The fourth-order valence-electron chi connectivity index (χ4n) is 3.44. The minimum Gasteiger partial charge on any atom is -0.469 e. The van der Waals surface area contributed by atoms with Crippen molar-refractivity contribution in [3.05, 3.63) is 64.5 Å². The Hall–Kier alpha value is -2.93. The Morgan fingerprint density at radius 1 is 1.29 bits per heavy atom. The molecule has 1 aromatic carbocycles. The van der Waals surface area contributed by atoms with Gasteiger partial charge in [-0.2, -0.15) is 5.10 Å². The molecule has 1 unspecified atom stereocenters. The molecular formula is C21H21N3O3S. The van der Waals surface area contributed by atoms with Gasteiger partial charge in [0.2, 0.25) is 5.91 Å². The van der Waals surface area contributed by atoms with Crippen molar-refractivity contribution in [1.29, 1.82) is 0 Å². The van der Waals surface area contributed by atoms with Gasteiger partial charge >= 0.3 is 0 Å². The zero-order valence-corrected chi connectivity index (χ0v) is 16.6. The number of hydrogen-bond acceptors (Lipinski definition) is 5. The van der Waals surface area contributed by atoms with Crippen LogP contribution < -0.4 is 10.9 Å². The Labute approximate surface area is 165 Å². The molecule has 3 heterocycles. The highest BCUT2D eigenvalue weighted by Gasteiger charge is 2.24. The summed E-state index contributed by atoms with van der Waals surface area (Å²) in [5.41, 5.74) is 0.545. The van der Waals surface area contributed by atoms with Crippen LogP contribution in [0, 0.1) is 6.92 Å². The minimum atomic E-state index is -0.647. The summed E-state index contributed by atoms with van der Waals surface area (Å²) in [4.78, 5) is 26.0. The molecule has 0 saturated carbocycles. The number of carbonyl (C=O) groups excluding carboxylic acids is 1. The molecule has 144 valence electrons. The van der Waals surface area contributed by atoms with E-state index < -0.39 is 6.04 Å². The number of benzene rings is 1. The molecule has 0 aliphatic heterocycles. The van der Waals surface area contributed by atoms with Crippen molar-refractivity contribution in [1.82, 2.24) is 15.1 Å². The second-order valence-electron chi connectivity index (χ2n) is 6.68. The van der Waals surface area contributed by atoms with Crippen molar-refractivity contribution in [3.63, 3.8) is 0 Å². The quantitative estimate of drug-likeness (QED) is 0.538. The number of rotatable bonds is 6. The Morgan fingerprint density at radius 3 is 2.86 bits per heavy atom. The fraction of sp³-hybridized carbons (Fsp3) is 0.286. The molecule has 3 aromatic heterocycles. The van der Waals surface area contributed by atoms with Gasteiger partial charge in [-0.25, -0.2) is 4.68 Å². The highest BCUT2D eigenvalue weighted by Crippen LogP contribution is 2.33. The molecule has 0 aliphatic rings. The molecule has 1 atom stereocenters. The first-order valence-corrected chi connectivity index (χ1v) is 10.1. The molecule has 28 heavy (non-hydrogen) atoms. The summed E-state index contributed by atoms with van der Waals surface area (Å²) in [6.07, 6.45) is 2.69. The van der Waals surface area contributed by atoms with Crippen molar-refractivity contribution >= 4 is 37.4 Å². The van der Waals surface area contributed by atoms with E-state index in [2.05, 4.69) is 10.4 Å². The molecule has 0 fully saturated rings. The normalized spacial score (nSPS) is 12.5. The van der Waals surface area contributed by atoms with Crippen LogP contribution in [0.5, 0.6) is 0 Å². The lowest BCUT2D eigenvalue weighted by atomic mass is 10.1.